The molecule has 0 saturated carbocycles. The van der Waals surface area contributed by atoms with Crippen LogP contribution in [0.4, 0.5) is 5.82 Å². The van der Waals surface area contributed by atoms with Crippen LogP contribution < -0.4 is 11.5 Å². The van der Waals surface area contributed by atoms with Gasteiger partial charge in [-0.2, -0.15) is 0 Å². The number of pyridine rings is 2. The zero-order valence-corrected chi connectivity index (χ0v) is 16.6. The SMILES string of the molecule is Nc1ncccc1-c1nc2ccc(-c3ncco3)nc2n1-c1ccc2c(c1)CC[C@@H]2N. The van der Waals surface area contributed by atoms with Gasteiger partial charge in [0.15, 0.2) is 11.5 Å². The third-order valence-electron chi connectivity index (χ3n) is 5.74. The number of hydrogen-bond donors (Lipinski definition) is 2. The second-order valence-corrected chi connectivity index (χ2v) is 7.61. The summed E-state index contributed by atoms with van der Waals surface area (Å²) in [6.07, 6.45) is 6.71. The van der Waals surface area contributed by atoms with Gasteiger partial charge in [-0.05, 0) is 60.4 Å². The number of aromatic nitrogens is 5. The van der Waals surface area contributed by atoms with E-state index in [0.29, 0.717) is 28.9 Å². The maximum Gasteiger partial charge on any atom is 0.245 e. The zero-order chi connectivity index (χ0) is 20.9. The van der Waals surface area contributed by atoms with Crippen molar-refractivity contribution in [1.29, 1.82) is 0 Å². The molecular formula is C23H19N7O. The van der Waals surface area contributed by atoms with Crippen molar-refractivity contribution in [2.24, 2.45) is 5.73 Å². The second kappa shape index (κ2) is 6.75. The number of rotatable bonds is 3. The fourth-order valence-electron chi connectivity index (χ4n) is 4.23. The van der Waals surface area contributed by atoms with Crippen LogP contribution >= 0.6 is 0 Å². The van der Waals surface area contributed by atoms with E-state index in [2.05, 4.69) is 28.2 Å². The van der Waals surface area contributed by atoms with Crippen LogP contribution in [-0.2, 0) is 6.42 Å². The maximum atomic E-state index is 6.25. The zero-order valence-electron chi connectivity index (χ0n) is 16.6. The van der Waals surface area contributed by atoms with Crippen molar-refractivity contribution in [2.45, 2.75) is 18.9 Å². The Morgan fingerprint density at radius 1 is 1.03 bits per heavy atom. The molecule has 4 heterocycles. The van der Waals surface area contributed by atoms with Crippen molar-refractivity contribution in [3.63, 3.8) is 0 Å². The topological polar surface area (TPSA) is 122 Å². The van der Waals surface area contributed by atoms with Gasteiger partial charge < -0.3 is 15.9 Å². The summed E-state index contributed by atoms with van der Waals surface area (Å²) < 4.78 is 7.46. The summed E-state index contributed by atoms with van der Waals surface area (Å²) in [6, 6.07) is 13.9. The number of imidazole rings is 1. The van der Waals surface area contributed by atoms with E-state index < -0.39 is 0 Å². The second-order valence-electron chi connectivity index (χ2n) is 7.61. The van der Waals surface area contributed by atoms with Gasteiger partial charge in [-0.15, -0.1) is 0 Å². The first-order valence-electron chi connectivity index (χ1n) is 10.1. The van der Waals surface area contributed by atoms with E-state index in [4.69, 9.17) is 25.9 Å². The number of nitrogens with two attached hydrogens (primary N) is 2. The van der Waals surface area contributed by atoms with Crippen molar-refractivity contribution in [3.8, 4) is 28.7 Å². The van der Waals surface area contributed by atoms with Crippen LogP contribution in [0.2, 0.25) is 0 Å². The number of benzene rings is 1. The van der Waals surface area contributed by atoms with E-state index >= 15 is 0 Å². The molecule has 0 aliphatic heterocycles. The minimum Gasteiger partial charge on any atom is -0.443 e. The minimum absolute atomic E-state index is 0.0896. The molecule has 0 saturated heterocycles. The molecule has 8 heteroatoms. The van der Waals surface area contributed by atoms with Crippen LogP contribution in [0.25, 0.3) is 39.8 Å². The van der Waals surface area contributed by atoms with Crippen molar-refractivity contribution in [1.82, 2.24) is 24.5 Å². The van der Waals surface area contributed by atoms with Gasteiger partial charge in [0.2, 0.25) is 5.89 Å². The molecule has 1 aromatic carbocycles. The summed E-state index contributed by atoms with van der Waals surface area (Å²) >= 11 is 0. The van der Waals surface area contributed by atoms with Gasteiger partial charge in [-0.25, -0.2) is 19.9 Å². The minimum atomic E-state index is 0.0896. The van der Waals surface area contributed by atoms with E-state index in [-0.39, 0.29) is 6.04 Å². The largest absolute Gasteiger partial charge is 0.443 e. The summed E-state index contributed by atoms with van der Waals surface area (Å²) in [7, 11) is 0. The van der Waals surface area contributed by atoms with Crippen molar-refractivity contribution in [3.05, 3.63) is 72.2 Å². The number of anilines is 1. The molecule has 8 nitrogen and oxygen atoms in total. The Bertz CT molecular complexity index is 1420. The first-order valence-corrected chi connectivity index (χ1v) is 10.1. The van der Waals surface area contributed by atoms with Gasteiger partial charge in [-0.1, -0.05) is 6.07 Å². The molecule has 4 N–H and O–H groups in total. The van der Waals surface area contributed by atoms with Gasteiger partial charge in [0.05, 0.1) is 11.8 Å². The molecule has 152 valence electrons. The Morgan fingerprint density at radius 3 is 2.81 bits per heavy atom. The predicted octanol–water partition coefficient (Wildman–Crippen LogP) is 3.67. The molecule has 0 radical (unpaired) electrons. The number of fused-ring (bicyclic) bond motifs is 2. The van der Waals surface area contributed by atoms with Gasteiger partial charge in [-0.3, -0.25) is 4.57 Å². The van der Waals surface area contributed by atoms with E-state index in [1.165, 1.54) is 17.4 Å². The summed E-state index contributed by atoms with van der Waals surface area (Å²) in [5.74, 6) is 1.55. The normalized spacial score (nSPS) is 15.5. The Morgan fingerprint density at radius 2 is 1.97 bits per heavy atom. The quantitative estimate of drug-likeness (QED) is 0.466. The van der Waals surface area contributed by atoms with Crippen LogP contribution in [0, 0.1) is 0 Å². The summed E-state index contributed by atoms with van der Waals surface area (Å²) in [4.78, 5) is 18.2. The maximum absolute atomic E-state index is 6.25. The van der Waals surface area contributed by atoms with Crippen molar-refractivity contribution in [2.75, 3.05) is 5.73 Å². The summed E-state index contributed by atoms with van der Waals surface area (Å²) in [5, 5.41) is 0. The fourth-order valence-corrected chi connectivity index (χ4v) is 4.23. The van der Waals surface area contributed by atoms with Gasteiger partial charge in [0.25, 0.3) is 0 Å². The molecule has 31 heavy (non-hydrogen) atoms. The highest BCUT2D eigenvalue weighted by atomic mass is 16.3. The standard InChI is InChI=1S/C23H19N7O/c24-17-6-3-13-12-14(4-5-15(13)17)30-21(16-2-1-9-26-20(16)25)28-18-7-8-19(29-22(18)30)23-27-10-11-31-23/h1-2,4-5,7-12,17H,3,6,24H2,(H2,25,26)/t17-/m0/s1. The lowest BCUT2D eigenvalue weighted by Gasteiger charge is -2.12. The third kappa shape index (κ3) is 2.80. The highest BCUT2D eigenvalue weighted by Gasteiger charge is 2.23. The van der Waals surface area contributed by atoms with Gasteiger partial charge in [0.1, 0.15) is 23.3 Å². The Labute approximate surface area is 177 Å². The highest BCUT2D eigenvalue weighted by molar-refractivity contribution is 5.84. The first kappa shape index (κ1) is 17.8. The number of hydrogen-bond acceptors (Lipinski definition) is 7. The Balaban J connectivity index is 1.64. The summed E-state index contributed by atoms with van der Waals surface area (Å²) in [5.41, 5.74) is 18.7. The van der Waals surface area contributed by atoms with Crippen LogP contribution in [0.5, 0.6) is 0 Å². The van der Waals surface area contributed by atoms with Gasteiger partial charge >= 0.3 is 0 Å². The number of aryl methyl sites for hydroxylation is 1. The average Bonchev–Trinajstić information content (AvgIpc) is 3.52. The van der Waals surface area contributed by atoms with Crippen LogP contribution in [-0.4, -0.2) is 24.5 Å². The molecule has 1 aliphatic rings. The third-order valence-corrected chi connectivity index (χ3v) is 5.74. The van der Waals surface area contributed by atoms with E-state index in [9.17, 15) is 0 Å². The molecule has 0 fully saturated rings. The summed E-state index contributed by atoms with van der Waals surface area (Å²) in [6.45, 7) is 0. The monoisotopic (exact) mass is 409 g/mol. The molecule has 0 unspecified atom stereocenters. The molecule has 1 atom stereocenters. The van der Waals surface area contributed by atoms with Crippen LogP contribution in [0.3, 0.4) is 0 Å². The van der Waals surface area contributed by atoms with E-state index in [1.807, 2.05) is 28.8 Å². The van der Waals surface area contributed by atoms with Crippen molar-refractivity contribution < 1.29 is 4.42 Å². The van der Waals surface area contributed by atoms with E-state index in [0.717, 1.165) is 29.6 Å². The average molecular weight is 409 g/mol. The Kier molecular flexibility index (Phi) is 3.87. The van der Waals surface area contributed by atoms with Crippen LogP contribution in [0.1, 0.15) is 23.6 Å². The number of nitrogen functional groups attached to an aromatic ring is 1. The molecule has 0 spiro atoms. The molecule has 1 aliphatic carbocycles. The highest BCUT2D eigenvalue weighted by Crippen LogP contribution is 2.35. The number of nitrogens with zero attached hydrogens (tertiary/aromatic N) is 5. The molecule has 0 bridgehead atoms. The molecule has 0 amide bonds. The Hall–Kier alpha value is -4.04. The molecule has 4 aromatic heterocycles. The van der Waals surface area contributed by atoms with E-state index in [1.54, 1.807) is 12.4 Å². The lowest BCUT2D eigenvalue weighted by molar-refractivity contribution is 0.572. The molecular weight excluding hydrogens is 390 g/mol. The fraction of sp³-hybridized carbons (Fsp3) is 0.130. The predicted molar refractivity (Wildman–Crippen MR) is 117 cm³/mol. The van der Waals surface area contributed by atoms with Crippen molar-refractivity contribution >= 4 is 17.0 Å². The molecule has 5 aromatic rings. The smallest absolute Gasteiger partial charge is 0.245 e. The first-order chi connectivity index (χ1) is 15.2. The number of oxazole rings is 1. The lowest BCUT2D eigenvalue weighted by atomic mass is 10.1. The van der Waals surface area contributed by atoms with Gasteiger partial charge in [0, 0.05) is 17.9 Å². The molecule has 6 rings (SSSR count). The lowest BCUT2D eigenvalue weighted by Crippen LogP contribution is -2.06. The van der Waals surface area contributed by atoms with Crippen LogP contribution in [0.15, 0.2) is 65.5 Å².